The molecule has 0 aromatic heterocycles. The summed E-state index contributed by atoms with van der Waals surface area (Å²) in [6.07, 6.45) is 4.41. The van der Waals surface area contributed by atoms with Gasteiger partial charge in [0, 0.05) is 24.0 Å². The van der Waals surface area contributed by atoms with Crippen molar-refractivity contribution < 1.29 is 13.2 Å². The Morgan fingerprint density at radius 3 is 2.64 bits per heavy atom. The van der Waals surface area contributed by atoms with Crippen molar-refractivity contribution in [1.82, 2.24) is 5.32 Å². The SMILES string of the molecule is CCCCCNC(=O)CCN(c1cccc(Br)c1)S(C)(=O)=O. The lowest BCUT2D eigenvalue weighted by Crippen LogP contribution is -2.34. The molecule has 0 aliphatic carbocycles. The second kappa shape index (κ2) is 9.15. The molecule has 1 amide bonds. The van der Waals surface area contributed by atoms with Crippen LogP contribution in [0.25, 0.3) is 0 Å². The normalized spacial score (nSPS) is 11.2. The number of amides is 1. The van der Waals surface area contributed by atoms with Gasteiger partial charge in [-0.3, -0.25) is 9.10 Å². The maximum atomic E-state index is 11.9. The van der Waals surface area contributed by atoms with Crippen molar-refractivity contribution in [3.8, 4) is 0 Å². The average molecular weight is 391 g/mol. The summed E-state index contributed by atoms with van der Waals surface area (Å²) < 4.78 is 25.9. The third-order valence-corrected chi connectivity index (χ3v) is 4.83. The van der Waals surface area contributed by atoms with Gasteiger partial charge in [0.1, 0.15) is 0 Å². The van der Waals surface area contributed by atoms with Gasteiger partial charge in [0.05, 0.1) is 11.9 Å². The first kappa shape index (κ1) is 19.0. The van der Waals surface area contributed by atoms with Gasteiger partial charge in [-0.2, -0.15) is 0 Å². The largest absolute Gasteiger partial charge is 0.356 e. The summed E-state index contributed by atoms with van der Waals surface area (Å²) in [7, 11) is -3.43. The maximum Gasteiger partial charge on any atom is 0.232 e. The van der Waals surface area contributed by atoms with Crippen molar-refractivity contribution >= 4 is 37.5 Å². The van der Waals surface area contributed by atoms with Crippen LogP contribution in [0.3, 0.4) is 0 Å². The number of benzene rings is 1. The first-order chi connectivity index (χ1) is 10.3. The molecule has 0 heterocycles. The highest BCUT2D eigenvalue weighted by atomic mass is 79.9. The first-order valence-corrected chi connectivity index (χ1v) is 9.98. The van der Waals surface area contributed by atoms with E-state index in [1.807, 2.05) is 6.07 Å². The van der Waals surface area contributed by atoms with E-state index in [-0.39, 0.29) is 18.9 Å². The second-order valence-electron chi connectivity index (χ2n) is 5.12. The standard InChI is InChI=1S/C15H23BrN2O3S/c1-3-4-5-10-17-15(19)9-11-18(22(2,20)21)14-8-6-7-13(16)12-14/h6-8,12H,3-5,9-11H2,1-2H3,(H,17,19). The molecule has 0 bridgehead atoms. The van der Waals surface area contributed by atoms with Crippen LogP contribution < -0.4 is 9.62 Å². The molecule has 0 unspecified atom stereocenters. The molecular formula is C15H23BrN2O3S. The van der Waals surface area contributed by atoms with Gasteiger partial charge in [0.15, 0.2) is 0 Å². The number of nitrogens with one attached hydrogen (secondary N) is 1. The van der Waals surface area contributed by atoms with Crippen LogP contribution in [-0.4, -0.2) is 33.7 Å². The van der Waals surface area contributed by atoms with Crippen molar-refractivity contribution in [2.45, 2.75) is 32.6 Å². The third kappa shape index (κ3) is 6.79. The smallest absolute Gasteiger partial charge is 0.232 e. The van der Waals surface area contributed by atoms with Gasteiger partial charge in [-0.05, 0) is 24.6 Å². The molecule has 1 aromatic carbocycles. The Balaban J connectivity index is 2.63. The molecule has 5 nitrogen and oxygen atoms in total. The molecule has 124 valence electrons. The number of hydrogen-bond donors (Lipinski definition) is 1. The molecule has 0 radical (unpaired) electrons. The Kier molecular flexibility index (Phi) is 7.89. The highest BCUT2D eigenvalue weighted by Gasteiger charge is 2.18. The van der Waals surface area contributed by atoms with E-state index in [1.54, 1.807) is 18.2 Å². The molecule has 1 N–H and O–H groups in total. The molecule has 0 saturated carbocycles. The summed E-state index contributed by atoms with van der Waals surface area (Å²) in [5.74, 6) is -0.125. The van der Waals surface area contributed by atoms with Gasteiger partial charge in [-0.15, -0.1) is 0 Å². The van der Waals surface area contributed by atoms with Gasteiger partial charge in [-0.25, -0.2) is 8.42 Å². The van der Waals surface area contributed by atoms with Crippen LogP contribution in [0.5, 0.6) is 0 Å². The summed E-state index contributed by atoms with van der Waals surface area (Å²) in [4.78, 5) is 11.8. The van der Waals surface area contributed by atoms with Gasteiger partial charge < -0.3 is 5.32 Å². The Hall–Kier alpha value is -1.08. The summed E-state index contributed by atoms with van der Waals surface area (Å²) in [6.45, 7) is 2.88. The molecule has 0 saturated heterocycles. The minimum absolute atomic E-state index is 0.125. The molecular weight excluding hydrogens is 368 g/mol. The van der Waals surface area contributed by atoms with Crippen molar-refractivity contribution in [3.05, 3.63) is 28.7 Å². The fourth-order valence-corrected chi connectivity index (χ4v) is 3.32. The highest BCUT2D eigenvalue weighted by molar-refractivity contribution is 9.10. The number of carbonyl (C=O) groups excluding carboxylic acids is 1. The van der Waals surface area contributed by atoms with Crippen molar-refractivity contribution in [2.24, 2.45) is 0 Å². The number of halogens is 1. The zero-order valence-electron chi connectivity index (χ0n) is 13.0. The first-order valence-electron chi connectivity index (χ1n) is 7.34. The molecule has 0 fully saturated rings. The molecule has 0 aliphatic heterocycles. The zero-order valence-corrected chi connectivity index (χ0v) is 15.4. The number of sulfonamides is 1. The van der Waals surface area contributed by atoms with Crippen LogP contribution in [-0.2, 0) is 14.8 Å². The maximum absolute atomic E-state index is 11.9. The molecule has 1 aromatic rings. The van der Waals surface area contributed by atoms with Gasteiger partial charge in [-0.1, -0.05) is 41.8 Å². The molecule has 0 spiro atoms. The fraction of sp³-hybridized carbons (Fsp3) is 0.533. The van der Waals surface area contributed by atoms with Crippen LogP contribution >= 0.6 is 15.9 Å². The fourth-order valence-electron chi connectivity index (χ4n) is 2.01. The molecule has 7 heteroatoms. The zero-order chi connectivity index (χ0) is 16.6. The van der Waals surface area contributed by atoms with E-state index in [4.69, 9.17) is 0 Å². The van der Waals surface area contributed by atoms with Crippen molar-refractivity contribution in [2.75, 3.05) is 23.7 Å². The number of anilines is 1. The quantitative estimate of drug-likeness (QED) is 0.659. The Morgan fingerprint density at radius 2 is 2.05 bits per heavy atom. The van der Waals surface area contributed by atoms with E-state index >= 15 is 0 Å². The lowest BCUT2D eigenvalue weighted by atomic mass is 10.2. The molecule has 1 rings (SSSR count). The van der Waals surface area contributed by atoms with Crippen LogP contribution in [0, 0.1) is 0 Å². The van der Waals surface area contributed by atoms with Crippen LogP contribution in [0.15, 0.2) is 28.7 Å². The lowest BCUT2D eigenvalue weighted by molar-refractivity contribution is -0.120. The number of nitrogens with zero attached hydrogens (tertiary/aromatic N) is 1. The monoisotopic (exact) mass is 390 g/mol. The van der Waals surface area contributed by atoms with Gasteiger partial charge in [0.25, 0.3) is 0 Å². The Labute approximate surface area is 141 Å². The van der Waals surface area contributed by atoms with Gasteiger partial charge >= 0.3 is 0 Å². The van der Waals surface area contributed by atoms with E-state index in [1.165, 1.54) is 4.31 Å². The van der Waals surface area contributed by atoms with E-state index < -0.39 is 10.0 Å². The van der Waals surface area contributed by atoms with E-state index in [9.17, 15) is 13.2 Å². The number of hydrogen-bond acceptors (Lipinski definition) is 3. The molecule has 0 atom stereocenters. The summed E-state index contributed by atoms with van der Waals surface area (Å²) in [5.41, 5.74) is 0.552. The van der Waals surface area contributed by atoms with Crippen LogP contribution in [0.4, 0.5) is 5.69 Å². The Bertz CT molecular complexity index is 590. The number of unbranched alkanes of at least 4 members (excludes halogenated alkanes) is 2. The minimum atomic E-state index is -3.43. The second-order valence-corrected chi connectivity index (χ2v) is 7.94. The van der Waals surface area contributed by atoms with Crippen molar-refractivity contribution in [1.29, 1.82) is 0 Å². The lowest BCUT2D eigenvalue weighted by Gasteiger charge is -2.22. The van der Waals surface area contributed by atoms with E-state index in [0.717, 1.165) is 30.0 Å². The van der Waals surface area contributed by atoms with Crippen LogP contribution in [0.1, 0.15) is 32.6 Å². The third-order valence-electron chi connectivity index (χ3n) is 3.14. The highest BCUT2D eigenvalue weighted by Crippen LogP contribution is 2.22. The predicted molar refractivity (Wildman–Crippen MR) is 93.5 cm³/mol. The van der Waals surface area contributed by atoms with E-state index in [0.29, 0.717) is 12.2 Å². The minimum Gasteiger partial charge on any atom is -0.356 e. The Morgan fingerprint density at radius 1 is 1.32 bits per heavy atom. The molecule has 0 aliphatic rings. The van der Waals surface area contributed by atoms with E-state index in [2.05, 4.69) is 28.2 Å². The van der Waals surface area contributed by atoms with Crippen molar-refractivity contribution in [3.63, 3.8) is 0 Å². The summed E-state index contributed by atoms with van der Waals surface area (Å²) in [5, 5.41) is 2.82. The predicted octanol–water partition coefficient (Wildman–Crippen LogP) is 2.91. The van der Waals surface area contributed by atoms with Gasteiger partial charge in [0.2, 0.25) is 15.9 Å². The number of rotatable bonds is 9. The summed E-state index contributed by atoms with van der Waals surface area (Å²) >= 11 is 3.33. The summed E-state index contributed by atoms with van der Waals surface area (Å²) in [6, 6.07) is 7.03. The topological polar surface area (TPSA) is 66.5 Å². The van der Waals surface area contributed by atoms with Crippen LogP contribution in [0.2, 0.25) is 0 Å². The number of carbonyl (C=O) groups is 1. The average Bonchev–Trinajstić information content (AvgIpc) is 2.42. The molecule has 22 heavy (non-hydrogen) atoms.